The normalized spacial score (nSPS) is 11.4. The summed E-state index contributed by atoms with van der Waals surface area (Å²) < 4.78 is 0. The fraction of sp³-hybridized carbons (Fsp3) is 0.0213. The van der Waals surface area contributed by atoms with E-state index in [1.807, 2.05) is 0 Å². The van der Waals surface area contributed by atoms with Gasteiger partial charge in [0.1, 0.15) is 0 Å². The summed E-state index contributed by atoms with van der Waals surface area (Å²) >= 11 is 0. The van der Waals surface area contributed by atoms with Crippen molar-refractivity contribution in [2.75, 3.05) is 9.80 Å². The summed E-state index contributed by atoms with van der Waals surface area (Å²) in [6, 6.07) is 68.3. The molecule has 0 aliphatic heterocycles. The Kier molecular flexibility index (Phi) is 7.06. The van der Waals surface area contributed by atoms with Gasteiger partial charge < -0.3 is 9.80 Å². The first-order valence-corrected chi connectivity index (χ1v) is 16.9. The maximum Gasteiger partial charge on any atom is 0.0620 e. The van der Waals surface area contributed by atoms with Gasteiger partial charge in [0.2, 0.25) is 0 Å². The fourth-order valence-electron chi connectivity index (χ4n) is 7.28. The van der Waals surface area contributed by atoms with Crippen LogP contribution in [0.1, 0.15) is 5.56 Å². The summed E-state index contributed by atoms with van der Waals surface area (Å²) in [6.45, 7) is 2.15. The van der Waals surface area contributed by atoms with Gasteiger partial charge in [0.25, 0.3) is 0 Å². The molecule has 0 spiro atoms. The predicted octanol–water partition coefficient (Wildman–Crippen LogP) is 13.5. The molecule has 0 fully saturated rings. The lowest BCUT2D eigenvalue weighted by Crippen LogP contribution is -2.14. The highest BCUT2D eigenvalue weighted by atomic mass is 15.2. The van der Waals surface area contributed by atoms with E-state index in [0.29, 0.717) is 0 Å². The molecule has 0 atom stereocenters. The minimum absolute atomic E-state index is 1.11. The first-order chi connectivity index (χ1) is 24.2. The molecule has 0 amide bonds. The smallest absolute Gasteiger partial charge is 0.0620 e. The minimum Gasteiger partial charge on any atom is -0.309 e. The molecule has 9 aromatic rings. The van der Waals surface area contributed by atoms with Crippen molar-refractivity contribution in [1.82, 2.24) is 0 Å². The van der Waals surface area contributed by atoms with Crippen LogP contribution >= 0.6 is 0 Å². The van der Waals surface area contributed by atoms with Crippen LogP contribution in [0.3, 0.4) is 0 Å². The molecule has 2 heteroatoms. The van der Waals surface area contributed by atoms with Crippen LogP contribution < -0.4 is 9.80 Å². The molecule has 0 unspecified atom stereocenters. The predicted molar refractivity (Wildman–Crippen MR) is 211 cm³/mol. The molecule has 0 radical (unpaired) electrons. The Labute approximate surface area is 286 Å². The molecule has 0 saturated carbocycles. The standard InChI is InChI=1S/C47H34N2/c1-33-25-27-41(28-26-33)49(40-23-9-4-10-24-40)47-44-31-36-17-13-11-15-34(36)29-42(44)46(43-30-35-16-12-14-18-37(35)32-45(43)47)48(38-19-5-2-6-20-38)39-21-7-3-8-22-39/h2-32H,1H3. The first-order valence-electron chi connectivity index (χ1n) is 16.9. The second-order valence-corrected chi connectivity index (χ2v) is 12.7. The third-order valence-electron chi connectivity index (χ3n) is 9.57. The van der Waals surface area contributed by atoms with Gasteiger partial charge in [0.05, 0.1) is 11.4 Å². The van der Waals surface area contributed by atoms with Crippen LogP contribution in [-0.2, 0) is 0 Å². The van der Waals surface area contributed by atoms with Crippen LogP contribution in [0.5, 0.6) is 0 Å². The lowest BCUT2D eigenvalue weighted by atomic mass is 9.91. The molecule has 232 valence electrons. The SMILES string of the molecule is Cc1ccc(N(c2ccccc2)c2c3cc4ccccc4cc3c(N(c3ccccc3)c3ccccc3)c3cc4ccccc4cc23)cc1. The number of anilines is 6. The average Bonchev–Trinajstić information content (AvgIpc) is 3.16. The molecular weight excluding hydrogens is 593 g/mol. The topological polar surface area (TPSA) is 6.48 Å². The molecule has 0 heterocycles. The molecule has 0 N–H and O–H groups in total. The van der Waals surface area contributed by atoms with Gasteiger partial charge in [-0.1, -0.05) is 121 Å². The Bertz CT molecular complexity index is 2460. The van der Waals surface area contributed by atoms with Crippen LogP contribution in [0.15, 0.2) is 188 Å². The largest absolute Gasteiger partial charge is 0.309 e. The van der Waals surface area contributed by atoms with E-state index >= 15 is 0 Å². The summed E-state index contributed by atoms with van der Waals surface area (Å²) in [7, 11) is 0. The van der Waals surface area contributed by atoms with Crippen molar-refractivity contribution in [3.05, 3.63) is 194 Å². The van der Waals surface area contributed by atoms with E-state index < -0.39 is 0 Å². The number of nitrogens with zero attached hydrogens (tertiary/aromatic N) is 2. The Balaban J connectivity index is 1.52. The highest BCUT2D eigenvalue weighted by Crippen LogP contribution is 2.52. The zero-order chi connectivity index (χ0) is 32.7. The number of fused-ring (bicyclic) bond motifs is 4. The lowest BCUT2D eigenvalue weighted by Gasteiger charge is -2.33. The maximum atomic E-state index is 2.45. The van der Waals surface area contributed by atoms with E-state index in [4.69, 9.17) is 0 Å². The quantitative estimate of drug-likeness (QED) is 0.134. The number of hydrogen-bond donors (Lipinski definition) is 0. The molecule has 0 saturated heterocycles. The van der Waals surface area contributed by atoms with Crippen molar-refractivity contribution >= 4 is 77.2 Å². The monoisotopic (exact) mass is 626 g/mol. The second-order valence-electron chi connectivity index (χ2n) is 12.7. The molecule has 9 aromatic carbocycles. The average molecular weight is 627 g/mol. The lowest BCUT2D eigenvalue weighted by molar-refractivity contribution is 1.29. The number of para-hydroxylation sites is 3. The van der Waals surface area contributed by atoms with Gasteiger partial charge in [-0.2, -0.15) is 0 Å². The highest BCUT2D eigenvalue weighted by molar-refractivity contribution is 6.27. The van der Waals surface area contributed by atoms with Gasteiger partial charge in [-0.25, -0.2) is 0 Å². The summed E-state index contributed by atoms with van der Waals surface area (Å²) in [4.78, 5) is 4.89. The molecule has 0 aromatic heterocycles. The third-order valence-corrected chi connectivity index (χ3v) is 9.57. The summed E-state index contributed by atoms with van der Waals surface area (Å²) in [6.07, 6.45) is 0. The molecular formula is C47H34N2. The summed E-state index contributed by atoms with van der Waals surface area (Å²) in [5.74, 6) is 0. The van der Waals surface area contributed by atoms with Gasteiger partial charge >= 0.3 is 0 Å². The van der Waals surface area contributed by atoms with Crippen molar-refractivity contribution in [1.29, 1.82) is 0 Å². The van der Waals surface area contributed by atoms with Crippen LogP contribution in [0, 0.1) is 6.92 Å². The molecule has 2 nitrogen and oxygen atoms in total. The Morgan fingerprint density at radius 2 is 0.551 bits per heavy atom. The number of benzene rings is 9. The first kappa shape index (κ1) is 28.8. The minimum atomic E-state index is 1.11. The van der Waals surface area contributed by atoms with Gasteiger partial charge in [0, 0.05) is 44.3 Å². The van der Waals surface area contributed by atoms with Crippen molar-refractivity contribution < 1.29 is 0 Å². The van der Waals surface area contributed by atoms with E-state index in [9.17, 15) is 0 Å². The van der Waals surface area contributed by atoms with E-state index in [0.717, 1.165) is 22.7 Å². The third kappa shape index (κ3) is 5.06. The van der Waals surface area contributed by atoms with Gasteiger partial charge in [0.15, 0.2) is 0 Å². The fourth-order valence-corrected chi connectivity index (χ4v) is 7.28. The van der Waals surface area contributed by atoms with Crippen LogP contribution in [0.25, 0.3) is 43.1 Å². The summed E-state index contributed by atoms with van der Waals surface area (Å²) in [5.41, 5.74) is 8.04. The highest BCUT2D eigenvalue weighted by Gasteiger charge is 2.26. The zero-order valence-electron chi connectivity index (χ0n) is 27.3. The maximum absolute atomic E-state index is 2.45. The molecule has 0 bridgehead atoms. The molecule has 9 rings (SSSR count). The Morgan fingerprint density at radius 3 is 0.857 bits per heavy atom. The van der Waals surface area contributed by atoms with Gasteiger partial charge in [-0.15, -0.1) is 0 Å². The van der Waals surface area contributed by atoms with E-state index in [-0.39, 0.29) is 0 Å². The second kappa shape index (κ2) is 12.0. The van der Waals surface area contributed by atoms with Crippen molar-refractivity contribution in [2.45, 2.75) is 6.92 Å². The Morgan fingerprint density at radius 1 is 0.286 bits per heavy atom. The number of rotatable bonds is 6. The number of hydrogen-bond acceptors (Lipinski definition) is 2. The zero-order valence-corrected chi connectivity index (χ0v) is 27.3. The van der Waals surface area contributed by atoms with E-state index in [1.54, 1.807) is 0 Å². The van der Waals surface area contributed by atoms with Gasteiger partial charge in [-0.3, -0.25) is 0 Å². The molecule has 0 aliphatic rings. The van der Waals surface area contributed by atoms with Gasteiger partial charge in [-0.05, 0) is 101 Å². The van der Waals surface area contributed by atoms with Crippen molar-refractivity contribution in [2.24, 2.45) is 0 Å². The molecule has 49 heavy (non-hydrogen) atoms. The molecule has 0 aliphatic carbocycles. The van der Waals surface area contributed by atoms with Crippen molar-refractivity contribution in [3.8, 4) is 0 Å². The Hall–Kier alpha value is -6.38. The summed E-state index contributed by atoms with van der Waals surface area (Å²) in [5, 5.41) is 9.62. The van der Waals surface area contributed by atoms with Crippen LogP contribution in [0.4, 0.5) is 34.1 Å². The van der Waals surface area contributed by atoms with Crippen LogP contribution in [-0.4, -0.2) is 0 Å². The van der Waals surface area contributed by atoms with E-state index in [1.165, 1.54) is 60.0 Å². The van der Waals surface area contributed by atoms with Crippen molar-refractivity contribution in [3.63, 3.8) is 0 Å². The van der Waals surface area contributed by atoms with Crippen LogP contribution in [0.2, 0.25) is 0 Å². The van der Waals surface area contributed by atoms with E-state index in [2.05, 4.69) is 205 Å². The number of aryl methyl sites for hydroxylation is 1.